The summed E-state index contributed by atoms with van der Waals surface area (Å²) in [6.45, 7) is 8.36. The third-order valence-electron chi connectivity index (χ3n) is 4.79. The van der Waals surface area contributed by atoms with E-state index >= 15 is 0 Å². The predicted octanol–water partition coefficient (Wildman–Crippen LogP) is 4.36. The van der Waals surface area contributed by atoms with Gasteiger partial charge in [-0.3, -0.25) is 0 Å². The molecule has 0 atom stereocenters. The number of hydrogen-bond acceptors (Lipinski definition) is 3. The van der Waals surface area contributed by atoms with Crippen LogP contribution >= 0.6 is 11.6 Å². The zero-order valence-electron chi connectivity index (χ0n) is 14.8. The molecule has 25 heavy (non-hydrogen) atoms. The highest BCUT2D eigenvalue weighted by Gasteiger charge is 2.51. The van der Waals surface area contributed by atoms with Gasteiger partial charge in [-0.1, -0.05) is 35.9 Å². The smallest absolute Gasteiger partial charge is 0.486 e. The van der Waals surface area contributed by atoms with Gasteiger partial charge in [-0.05, 0) is 56.9 Å². The van der Waals surface area contributed by atoms with E-state index in [0.29, 0.717) is 5.02 Å². The molecule has 1 fully saturated rings. The van der Waals surface area contributed by atoms with Crippen LogP contribution in [0.3, 0.4) is 0 Å². The van der Waals surface area contributed by atoms with Gasteiger partial charge in [0.1, 0.15) is 6.61 Å². The molecule has 0 aliphatic carbocycles. The molecule has 0 saturated carbocycles. The molecule has 2 aromatic carbocycles. The van der Waals surface area contributed by atoms with Crippen LogP contribution in [0.15, 0.2) is 42.5 Å². The van der Waals surface area contributed by atoms with E-state index in [9.17, 15) is 4.39 Å². The maximum atomic E-state index is 13.7. The summed E-state index contributed by atoms with van der Waals surface area (Å²) in [6.07, 6.45) is 0. The van der Waals surface area contributed by atoms with Crippen LogP contribution in [0.5, 0.6) is 5.75 Å². The monoisotopic (exact) mass is 362 g/mol. The Balaban J connectivity index is 1.65. The zero-order chi connectivity index (χ0) is 18.2. The zero-order valence-corrected chi connectivity index (χ0v) is 15.6. The molecule has 0 aromatic heterocycles. The Morgan fingerprint density at radius 3 is 2.16 bits per heavy atom. The Labute approximate surface area is 153 Å². The lowest BCUT2D eigenvalue weighted by molar-refractivity contribution is 0.00578. The Kier molecular flexibility index (Phi) is 4.84. The van der Waals surface area contributed by atoms with E-state index in [-0.39, 0.29) is 23.6 Å². The molecule has 0 spiro atoms. The second-order valence-electron chi connectivity index (χ2n) is 7.19. The van der Waals surface area contributed by atoms with Gasteiger partial charge in [-0.2, -0.15) is 0 Å². The maximum Gasteiger partial charge on any atom is 0.494 e. The average Bonchev–Trinajstić information content (AvgIpc) is 2.75. The minimum atomic E-state index is -0.471. The quantitative estimate of drug-likeness (QED) is 0.757. The number of rotatable bonds is 4. The largest absolute Gasteiger partial charge is 0.494 e. The van der Waals surface area contributed by atoms with Crippen molar-refractivity contribution in [3.8, 4) is 5.75 Å². The lowest BCUT2D eigenvalue weighted by Gasteiger charge is -2.32. The molecule has 0 amide bonds. The molecule has 0 unspecified atom stereocenters. The van der Waals surface area contributed by atoms with Gasteiger partial charge in [-0.15, -0.1) is 0 Å². The van der Waals surface area contributed by atoms with E-state index < -0.39 is 12.9 Å². The van der Waals surface area contributed by atoms with Crippen molar-refractivity contribution in [3.05, 3.63) is 58.9 Å². The van der Waals surface area contributed by atoms with Crippen molar-refractivity contribution in [2.75, 3.05) is 0 Å². The van der Waals surface area contributed by atoms with Gasteiger partial charge < -0.3 is 14.0 Å². The van der Waals surface area contributed by atoms with Gasteiger partial charge in [0.15, 0.2) is 11.6 Å². The summed E-state index contributed by atoms with van der Waals surface area (Å²) in [5.41, 5.74) is 1.13. The lowest BCUT2D eigenvalue weighted by Crippen LogP contribution is -2.41. The summed E-state index contributed by atoms with van der Waals surface area (Å²) in [6, 6.07) is 12.1. The van der Waals surface area contributed by atoms with Crippen molar-refractivity contribution in [2.24, 2.45) is 0 Å². The summed E-state index contributed by atoms with van der Waals surface area (Å²) < 4.78 is 31.3. The van der Waals surface area contributed by atoms with Crippen LogP contribution in [0.1, 0.15) is 33.3 Å². The molecule has 1 aliphatic rings. The highest BCUT2D eigenvalue weighted by atomic mass is 35.5. The van der Waals surface area contributed by atoms with Crippen molar-refractivity contribution in [1.29, 1.82) is 0 Å². The van der Waals surface area contributed by atoms with E-state index in [4.69, 9.17) is 25.6 Å². The van der Waals surface area contributed by atoms with E-state index in [1.54, 1.807) is 6.07 Å². The van der Waals surface area contributed by atoms with Crippen LogP contribution in [0, 0.1) is 5.82 Å². The Morgan fingerprint density at radius 2 is 1.60 bits per heavy atom. The minimum Gasteiger partial charge on any atom is -0.486 e. The SMILES string of the molecule is CC1(C)OB(c2ccc(COc3ccc(Cl)cc3F)cc2)OC1(C)C. The second-order valence-corrected chi connectivity index (χ2v) is 7.63. The van der Waals surface area contributed by atoms with Gasteiger partial charge in [-0.25, -0.2) is 4.39 Å². The summed E-state index contributed by atoms with van der Waals surface area (Å²) in [5.74, 6) is -0.291. The molecular formula is C19H21BClFO3. The van der Waals surface area contributed by atoms with E-state index in [2.05, 4.69) is 0 Å². The number of benzene rings is 2. The molecule has 1 saturated heterocycles. The van der Waals surface area contributed by atoms with Gasteiger partial charge in [0.25, 0.3) is 0 Å². The van der Waals surface area contributed by atoms with Crippen LogP contribution in [0.4, 0.5) is 4.39 Å². The summed E-state index contributed by atoms with van der Waals surface area (Å²) in [5, 5.41) is 0.344. The van der Waals surface area contributed by atoms with Crippen molar-refractivity contribution >= 4 is 24.2 Å². The third kappa shape index (κ3) is 3.84. The Hall–Kier alpha value is -1.56. The molecule has 1 aliphatic heterocycles. The van der Waals surface area contributed by atoms with Gasteiger partial charge in [0, 0.05) is 5.02 Å². The first-order valence-electron chi connectivity index (χ1n) is 8.20. The summed E-state index contributed by atoms with van der Waals surface area (Å²) in [4.78, 5) is 0. The van der Waals surface area contributed by atoms with E-state index in [1.165, 1.54) is 12.1 Å². The minimum absolute atomic E-state index is 0.180. The Morgan fingerprint density at radius 1 is 1.00 bits per heavy atom. The molecule has 3 rings (SSSR count). The number of ether oxygens (including phenoxy) is 1. The molecule has 0 N–H and O–H groups in total. The fourth-order valence-corrected chi connectivity index (χ4v) is 2.66. The average molecular weight is 363 g/mol. The van der Waals surface area contributed by atoms with Crippen molar-refractivity contribution in [2.45, 2.75) is 45.5 Å². The molecule has 3 nitrogen and oxygen atoms in total. The fourth-order valence-electron chi connectivity index (χ4n) is 2.50. The summed E-state index contributed by atoms with van der Waals surface area (Å²) >= 11 is 5.73. The van der Waals surface area contributed by atoms with Gasteiger partial charge >= 0.3 is 7.12 Å². The third-order valence-corrected chi connectivity index (χ3v) is 5.03. The van der Waals surface area contributed by atoms with Crippen LogP contribution in [0.2, 0.25) is 5.02 Å². The first-order chi connectivity index (χ1) is 11.7. The normalized spacial score (nSPS) is 18.4. The number of hydrogen-bond donors (Lipinski definition) is 0. The van der Waals surface area contributed by atoms with Crippen LogP contribution in [-0.4, -0.2) is 18.3 Å². The van der Waals surface area contributed by atoms with Crippen LogP contribution < -0.4 is 10.2 Å². The van der Waals surface area contributed by atoms with Crippen molar-refractivity contribution < 1.29 is 18.4 Å². The molecule has 1 heterocycles. The van der Waals surface area contributed by atoms with Crippen LogP contribution in [-0.2, 0) is 15.9 Å². The molecule has 0 radical (unpaired) electrons. The number of halogens is 2. The second kappa shape index (κ2) is 6.63. The molecule has 2 aromatic rings. The predicted molar refractivity (Wildman–Crippen MR) is 97.9 cm³/mol. The molecule has 0 bridgehead atoms. The first-order valence-corrected chi connectivity index (χ1v) is 8.58. The van der Waals surface area contributed by atoms with Crippen molar-refractivity contribution in [1.82, 2.24) is 0 Å². The molecule has 132 valence electrons. The molecule has 6 heteroatoms. The van der Waals surface area contributed by atoms with Gasteiger partial charge in [0.2, 0.25) is 0 Å². The molecular weight excluding hydrogens is 341 g/mol. The van der Waals surface area contributed by atoms with E-state index in [0.717, 1.165) is 11.0 Å². The van der Waals surface area contributed by atoms with E-state index in [1.807, 2.05) is 52.0 Å². The highest BCUT2D eigenvalue weighted by molar-refractivity contribution is 6.62. The Bertz CT molecular complexity index is 746. The fraction of sp³-hybridized carbons (Fsp3) is 0.368. The summed E-state index contributed by atoms with van der Waals surface area (Å²) in [7, 11) is -0.395. The highest BCUT2D eigenvalue weighted by Crippen LogP contribution is 2.36. The standard InChI is InChI=1S/C19H21BClFO3/c1-18(2)19(3,4)25-20(24-18)14-7-5-13(6-8-14)12-23-17-10-9-15(21)11-16(17)22/h5-11H,12H2,1-4H3. The lowest BCUT2D eigenvalue weighted by atomic mass is 9.79. The van der Waals surface area contributed by atoms with Crippen LogP contribution in [0.25, 0.3) is 0 Å². The van der Waals surface area contributed by atoms with Gasteiger partial charge in [0.05, 0.1) is 11.2 Å². The van der Waals surface area contributed by atoms with Crippen molar-refractivity contribution in [3.63, 3.8) is 0 Å². The topological polar surface area (TPSA) is 27.7 Å². The first kappa shape index (κ1) is 18.2. The maximum absolute atomic E-state index is 13.7.